The Kier molecular flexibility index (Phi) is 45.4. The molecule has 2 aliphatic heterocycles. The summed E-state index contributed by atoms with van der Waals surface area (Å²) >= 11 is 0. The van der Waals surface area contributed by atoms with E-state index in [0.717, 1.165) is 116 Å². The van der Waals surface area contributed by atoms with Crippen LogP contribution in [-0.4, -0.2) is 142 Å². The number of carbonyl (C=O) groups is 1. The second-order valence-corrected chi connectivity index (χ2v) is 20.4. The number of allylic oxidation sites excluding steroid dienone is 20. The molecule has 0 saturated carbocycles. The molecule has 14 heteroatoms. The predicted molar refractivity (Wildman–Crippen MR) is 316 cm³/mol. The molecule has 2 heterocycles. The molecule has 2 aliphatic rings. The number of hydrogen-bond donors (Lipinski definition) is 7. The first-order valence-electron chi connectivity index (χ1n) is 30.1. The molecular formula is C65H106O14. The molecule has 11 unspecified atom stereocenters. The summed E-state index contributed by atoms with van der Waals surface area (Å²) in [5, 5.41) is 72.4. The summed E-state index contributed by atoms with van der Waals surface area (Å²) in [6, 6.07) is 0. The summed E-state index contributed by atoms with van der Waals surface area (Å²) in [6.45, 7) is 3.39. The summed E-state index contributed by atoms with van der Waals surface area (Å²) in [7, 11) is 0. The van der Waals surface area contributed by atoms with E-state index in [1.54, 1.807) is 0 Å². The highest BCUT2D eigenvalue weighted by atomic mass is 16.7. The molecule has 14 nitrogen and oxygen atoms in total. The van der Waals surface area contributed by atoms with E-state index < -0.39 is 86.7 Å². The average Bonchev–Trinajstić information content (AvgIpc) is 3.46. The van der Waals surface area contributed by atoms with Gasteiger partial charge in [0, 0.05) is 13.0 Å². The second kappa shape index (κ2) is 50.1. The maximum absolute atomic E-state index is 13.1. The van der Waals surface area contributed by atoms with Crippen molar-refractivity contribution in [2.75, 3.05) is 33.0 Å². The van der Waals surface area contributed by atoms with Crippen LogP contribution in [0.15, 0.2) is 122 Å². The standard InChI is InChI=1S/C65H106O14/c1-3-5-7-9-11-13-15-17-19-21-23-25-27-28-30-32-34-36-38-40-42-44-46-48-57(67)77-54(51-74-49-47-45-43-41-39-37-35-33-31-29-26-24-22-20-18-16-14-12-10-8-6-4-2)52-75-64-63(73)61(71)59(69)56(79-64)53-76-65-62(72)60(70)58(68)55(50-66)78-65/h5-8,11-14,17-20,23-26,28,30,34,36,54-56,58-66,68-73H,3-4,9-10,15-16,21-22,27,29,31-33,35,37-53H2,1-2H3/b7-5-,8-6-,13-11-,14-12-,19-17-,20-18-,25-23-,26-24-,30-28-,36-34-. The van der Waals surface area contributed by atoms with Gasteiger partial charge in [0.15, 0.2) is 12.6 Å². The van der Waals surface area contributed by atoms with Crippen LogP contribution in [0.4, 0.5) is 0 Å². The Labute approximate surface area is 476 Å². The summed E-state index contributed by atoms with van der Waals surface area (Å²) in [5.74, 6) is -0.407. The van der Waals surface area contributed by atoms with Crippen molar-refractivity contribution in [1.29, 1.82) is 0 Å². The van der Waals surface area contributed by atoms with E-state index in [1.807, 2.05) is 0 Å². The largest absolute Gasteiger partial charge is 0.457 e. The van der Waals surface area contributed by atoms with Gasteiger partial charge in [-0.1, -0.05) is 193 Å². The van der Waals surface area contributed by atoms with Gasteiger partial charge in [-0.25, -0.2) is 0 Å². The summed E-state index contributed by atoms with van der Waals surface area (Å²) < 4.78 is 34.4. The van der Waals surface area contributed by atoms with Crippen LogP contribution in [0.5, 0.6) is 0 Å². The molecule has 2 rings (SSSR count). The first-order chi connectivity index (χ1) is 38.6. The zero-order chi connectivity index (χ0) is 57.2. The van der Waals surface area contributed by atoms with E-state index in [-0.39, 0.29) is 19.6 Å². The quantitative estimate of drug-likeness (QED) is 0.0172. The number of carbonyl (C=O) groups excluding carboxylic acids is 1. The van der Waals surface area contributed by atoms with Crippen LogP contribution in [-0.2, 0) is 33.2 Å². The molecule has 11 atom stereocenters. The van der Waals surface area contributed by atoms with Crippen molar-refractivity contribution in [2.45, 2.75) is 248 Å². The van der Waals surface area contributed by atoms with Gasteiger partial charge in [-0.05, 0) is 103 Å². The van der Waals surface area contributed by atoms with Gasteiger partial charge in [0.05, 0.1) is 26.4 Å². The zero-order valence-corrected chi connectivity index (χ0v) is 48.3. The Hall–Kier alpha value is -3.61. The van der Waals surface area contributed by atoms with Gasteiger partial charge >= 0.3 is 5.97 Å². The van der Waals surface area contributed by atoms with Crippen molar-refractivity contribution in [3.05, 3.63) is 122 Å². The van der Waals surface area contributed by atoms with E-state index in [1.165, 1.54) is 38.5 Å². The maximum atomic E-state index is 13.1. The van der Waals surface area contributed by atoms with E-state index in [2.05, 4.69) is 135 Å². The fourth-order valence-corrected chi connectivity index (χ4v) is 8.69. The van der Waals surface area contributed by atoms with Crippen LogP contribution in [0.1, 0.15) is 181 Å². The molecule has 450 valence electrons. The number of esters is 1. The third-order valence-corrected chi connectivity index (χ3v) is 13.5. The SMILES string of the molecule is CC/C=C\C/C=C\C/C=C\C/C=C\C/C=C\C/C=C\CCCCCCC(=O)OC(COCCCCCCCCCCC/C=C\C/C=C\C/C=C\C/C=C\CC)COC1OC(COC2OC(CO)C(O)C(O)C2O)C(O)C(O)C1O. The van der Waals surface area contributed by atoms with Crippen LogP contribution in [0.3, 0.4) is 0 Å². The number of hydrogen-bond acceptors (Lipinski definition) is 14. The molecule has 0 aliphatic carbocycles. The highest BCUT2D eigenvalue weighted by Gasteiger charge is 2.47. The molecule has 2 saturated heterocycles. The molecule has 0 spiro atoms. The third kappa shape index (κ3) is 36.5. The van der Waals surface area contributed by atoms with Gasteiger partial charge in [0.1, 0.15) is 54.9 Å². The smallest absolute Gasteiger partial charge is 0.306 e. The lowest BCUT2D eigenvalue weighted by molar-refractivity contribution is -0.332. The maximum Gasteiger partial charge on any atom is 0.306 e. The van der Waals surface area contributed by atoms with Gasteiger partial charge in [-0.2, -0.15) is 0 Å². The van der Waals surface area contributed by atoms with Crippen LogP contribution in [0, 0.1) is 0 Å². The highest BCUT2D eigenvalue weighted by molar-refractivity contribution is 5.69. The van der Waals surface area contributed by atoms with Gasteiger partial charge < -0.3 is 64.2 Å². The molecule has 0 bridgehead atoms. The summed E-state index contributed by atoms with van der Waals surface area (Å²) in [6.07, 6.45) is 53.9. The van der Waals surface area contributed by atoms with Crippen molar-refractivity contribution in [3.8, 4) is 0 Å². The van der Waals surface area contributed by atoms with Gasteiger partial charge in [0.2, 0.25) is 0 Å². The van der Waals surface area contributed by atoms with Gasteiger partial charge in [-0.15, -0.1) is 0 Å². The fraction of sp³-hybridized carbons (Fsp3) is 0.677. The van der Waals surface area contributed by atoms with Crippen LogP contribution in [0.25, 0.3) is 0 Å². The van der Waals surface area contributed by atoms with E-state index in [9.17, 15) is 40.5 Å². The molecule has 79 heavy (non-hydrogen) atoms. The lowest BCUT2D eigenvalue weighted by Gasteiger charge is -2.42. The molecule has 0 amide bonds. The summed E-state index contributed by atoms with van der Waals surface area (Å²) in [4.78, 5) is 13.1. The van der Waals surface area contributed by atoms with E-state index in [0.29, 0.717) is 13.0 Å². The fourth-order valence-electron chi connectivity index (χ4n) is 8.69. The number of aliphatic hydroxyl groups excluding tert-OH is 7. The highest BCUT2D eigenvalue weighted by Crippen LogP contribution is 2.26. The van der Waals surface area contributed by atoms with Crippen LogP contribution < -0.4 is 0 Å². The number of ether oxygens (including phenoxy) is 6. The second-order valence-electron chi connectivity index (χ2n) is 20.4. The minimum atomic E-state index is -1.72. The number of aliphatic hydroxyl groups is 7. The van der Waals surface area contributed by atoms with Crippen molar-refractivity contribution in [1.82, 2.24) is 0 Å². The molecule has 0 aromatic carbocycles. The Morgan fingerprint density at radius 3 is 1.23 bits per heavy atom. The number of rotatable bonds is 47. The Morgan fingerprint density at radius 2 is 0.785 bits per heavy atom. The third-order valence-electron chi connectivity index (χ3n) is 13.5. The van der Waals surface area contributed by atoms with Crippen molar-refractivity contribution < 1.29 is 69.0 Å². The van der Waals surface area contributed by atoms with Crippen LogP contribution >= 0.6 is 0 Å². The van der Waals surface area contributed by atoms with E-state index >= 15 is 0 Å². The molecule has 7 N–H and O–H groups in total. The van der Waals surface area contributed by atoms with Crippen molar-refractivity contribution >= 4 is 5.97 Å². The normalized spacial score (nSPS) is 24.9. The minimum absolute atomic E-state index is 0.0379. The number of unbranched alkanes of at least 4 members (excludes halogenated alkanes) is 13. The van der Waals surface area contributed by atoms with E-state index in [4.69, 9.17) is 28.4 Å². The minimum Gasteiger partial charge on any atom is -0.457 e. The first-order valence-corrected chi connectivity index (χ1v) is 30.1. The topological polar surface area (TPSA) is 214 Å². The Balaban J connectivity index is 1.73. The molecule has 0 aromatic heterocycles. The molecular weight excluding hydrogens is 1000 g/mol. The molecule has 2 fully saturated rings. The Bertz CT molecular complexity index is 1770. The molecule has 0 radical (unpaired) electrons. The summed E-state index contributed by atoms with van der Waals surface area (Å²) in [5.41, 5.74) is 0. The lowest BCUT2D eigenvalue weighted by atomic mass is 9.98. The monoisotopic (exact) mass is 1110 g/mol. The Morgan fingerprint density at radius 1 is 0.418 bits per heavy atom. The van der Waals surface area contributed by atoms with Crippen LogP contribution in [0.2, 0.25) is 0 Å². The van der Waals surface area contributed by atoms with Gasteiger partial charge in [0.25, 0.3) is 0 Å². The first kappa shape index (κ1) is 71.5. The lowest BCUT2D eigenvalue weighted by Crippen LogP contribution is -2.61. The average molecular weight is 1110 g/mol. The predicted octanol–water partition coefficient (Wildman–Crippen LogP) is 11.3. The molecule has 0 aromatic rings. The van der Waals surface area contributed by atoms with Gasteiger partial charge in [-0.3, -0.25) is 4.79 Å². The van der Waals surface area contributed by atoms with Crippen molar-refractivity contribution in [3.63, 3.8) is 0 Å². The van der Waals surface area contributed by atoms with Crippen molar-refractivity contribution in [2.24, 2.45) is 0 Å². The zero-order valence-electron chi connectivity index (χ0n) is 48.3.